The predicted octanol–water partition coefficient (Wildman–Crippen LogP) is 2.18. The number of rotatable bonds is 4. The van der Waals surface area contributed by atoms with Gasteiger partial charge in [-0.05, 0) is 18.6 Å². The number of aromatic nitrogens is 1. The highest BCUT2D eigenvalue weighted by Crippen LogP contribution is 2.08. The monoisotopic (exact) mass is 179 g/mol. The molecule has 3 heteroatoms. The van der Waals surface area contributed by atoms with Gasteiger partial charge in [0.2, 0.25) is 0 Å². The highest BCUT2D eigenvalue weighted by molar-refractivity contribution is 5.72. The normalized spacial score (nSPS) is 9.62. The maximum absolute atomic E-state index is 11.1. The highest BCUT2D eigenvalue weighted by atomic mass is 16.5. The van der Waals surface area contributed by atoms with Gasteiger partial charge in [-0.25, -0.2) is 0 Å². The van der Waals surface area contributed by atoms with Crippen molar-refractivity contribution in [3.63, 3.8) is 0 Å². The van der Waals surface area contributed by atoms with Gasteiger partial charge < -0.3 is 4.74 Å². The molecule has 0 N–H and O–H groups in total. The number of hydrogen-bond donors (Lipinski definition) is 0. The molecule has 0 spiro atoms. The van der Waals surface area contributed by atoms with E-state index in [1.165, 1.54) is 6.20 Å². The molecule has 0 unspecified atom stereocenters. The molecule has 70 valence electrons. The summed E-state index contributed by atoms with van der Waals surface area (Å²) in [5.41, 5.74) is 0. The molecule has 0 aliphatic heterocycles. The Morgan fingerprint density at radius 1 is 1.62 bits per heavy atom. The number of pyridine rings is 1. The van der Waals surface area contributed by atoms with Crippen LogP contribution in [0.25, 0.3) is 0 Å². The standard InChI is InChI=1S/C10H13NO2/c1-2-3-6-10(12)13-9-5-4-7-11-8-9/h4-5,7-8H,2-3,6H2,1H3. The lowest BCUT2D eigenvalue weighted by molar-refractivity contribution is -0.134. The summed E-state index contributed by atoms with van der Waals surface area (Å²) in [5.74, 6) is 0.332. The Bertz CT molecular complexity index is 259. The van der Waals surface area contributed by atoms with Gasteiger partial charge in [0.15, 0.2) is 0 Å². The zero-order valence-corrected chi connectivity index (χ0v) is 7.69. The number of esters is 1. The Kier molecular flexibility index (Phi) is 3.96. The lowest BCUT2D eigenvalue weighted by Gasteiger charge is -2.01. The van der Waals surface area contributed by atoms with Crippen molar-refractivity contribution >= 4 is 5.97 Å². The van der Waals surface area contributed by atoms with Crippen molar-refractivity contribution in [2.24, 2.45) is 0 Å². The Morgan fingerprint density at radius 2 is 2.46 bits per heavy atom. The third-order valence-corrected chi connectivity index (χ3v) is 1.60. The highest BCUT2D eigenvalue weighted by Gasteiger charge is 2.02. The molecule has 0 aliphatic carbocycles. The van der Waals surface area contributed by atoms with Crippen LogP contribution in [0.2, 0.25) is 0 Å². The summed E-state index contributed by atoms with van der Waals surface area (Å²) < 4.78 is 5.02. The summed E-state index contributed by atoms with van der Waals surface area (Å²) in [4.78, 5) is 15.0. The SMILES string of the molecule is CCCCC(=O)Oc1cccnc1. The number of carbonyl (C=O) groups excluding carboxylic acids is 1. The summed E-state index contributed by atoms with van der Waals surface area (Å²) in [6.45, 7) is 2.04. The minimum atomic E-state index is -0.185. The van der Waals surface area contributed by atoms with Gasteiger partial charge in [0.05, 0.1) is 6.20 Å². The largest absolute Gasteiger partial charge is 0.425 e. The molecule has 13 heavy (non-hydrogen) atoms. The maximum atomic E-state index is 11.1. The van der Waals surface area contributed by atoms with Gasteiger partial charge in [0.25, 0.3) is 0 Å². The average Bonchev–Trinajstić information content (AvgIpc) is 2.16. The number of hydrogen-bond acceptors (Lipinski definition) is 3. The van der Waals surface area contributed by atoms with Gasteiger partial charge in [-0.1, -0.05) is 13.3 Å². The smallest absolute Gasteiger partial charge is 0.311 e. The first kappa shape index (κ1) is 9.71. The quantitative estimate of drug-likeness (QED) is 0.665. The Balaban J connectivity index is 2.37. The molecule has 0 bridgehead atoms. The van der Waals surface area contributed by atoms with Crippen LogP contribution in [0.3, 0.4) is 0 Å². The second-order valence-electron chi connectivity index (χ2n) is 2.77. The molecule has 1 aromatic rings. The van der Waals surface area contributed by atoms with Crippen LogP contribution in [-0.2, 0) is 4.79 Å². The Morgan fingerprint density at radius 3 is 3.08 bits per heavy atom. The number of carbonyl (C=O) groups is 1. The van der Waals surface area contributed by atoms with Crippen LogP contribution < -0.4 is 4.74 Å². The van der Waals surface area contributed by atoms with E-state index in [4.69, 9.17) is 4.74 Å². The van der Waals surface area contributed by atoms with Crippen molar-refractivity contribution < 1.29 is 9.53 Å². The molecule has 0 aromatic carbocycles. The van der Waals surface area contributed by atoms with Gasteiger partial charge in [-0.15, -0.1) is 0 Å². The summed E-state index contributed by atoms with van der Waals surface area (Å²) in [6.07, 6.45) is 5.53. The second-order valence-corrected chi connectivity index (χ2v) is 2.77. The number of ether oxygens (including phenoxy) is 1. The zero-order valence-electron chi connectivity index (χ0n) is 7.69. The van der Waals surface area contributed by atoms with E-state index in [1.807, 2.05) is 6.92 Å². The van der Waals surface area contributed by atoms with Crippen LogP contribution in [-0.4, -0.2) is 11.0 Å². The minimum Gasteiger partial charge on any atom is -0.425 e. The first-order valence-electron chi connectivity index (χ1n) is 4.43. The van der Waals surface area contributed by atoms with E-state index >= 15 is 0 Å². The van der Waals surface area contributed by atoms with Crippen molar-refractivity contribution in [3.05, 3.63) is 24.5 Å². The molecule has 1 heterocycles. The van der Waals surface area contributed by atoms with Gasteiger partial charge in [0, 0.05) is 12.6 Å². The van der Waals surface area contributed by atoms with E-state index in [-0.39, 0.29) is 5.97 Å². The van der Waals surface area contributed by atoms with Gasteiger partial charge in [-0.3, -0.25) is 9.78 Å². The van der Waals surface area contributed by atoms with E-state index in [9.17, 15) is 4.79 Å². The fourth-order valence-electron chi connectivity index (χ4n) is 0.911. The molecule has 0 aliphatic rings. The van der Waals surface area contributed by atoms with E-state index in [1.54, 1.807) is 18.3 Å². The van der Waals surface area contributed by atoms with E-state index in [0.717, 1.165) is 12.8 Å². The summed E-state index contributed by atoms with van der Waals surface area (Å²) in [5, 5.41) is 0. The minimum absolute atomic E-state index is 0.185. The van der Waals surface area contributed by atoms with Crippen LogP contribution in [0, 0.1) is 0 Å². The van der Waals surface area contributed by atoms with Crippen molar-refractivity contribution in [2.45, 2.75) is 26.2 Å². The zero-order chi connectivity index (χ0) is 9.52. The van der Waals surface area contributed by atoms with Crippen LogP contribution in [0.1, 0.15) is 26.2 Å². The topological polar surface area (TPSA) is 39.2 Å². The van der Waals surface area contributed by atoms with Crippen molar-refractivity contribution in [2.75, 3.05) is 0 Å². The molecule has 0 fully saturated rings. The van der Waals surface area contributed by atoms with Crippen LogP contribution in [0.4, 0.5) is 0 Å². The summed E-state index contributed by atoms with van der Waals surface area (Å²) >= 11 is 0. The lowest BCUT2D eigenvalue weighted by Crippen LogP contribution is -2.07. The van der Waals surface area contributed by atoms with Crippen molar-refractivity contribution in [3.8, 4) is 5.75 Å². The lowest BCUT2D eigenvalue weighted by atomic mass is 10.2. The first-order valence-corrected chi connectivity index (χ1v) is 4.43. The maximum Gasteiger partial charge on any atom is 0.311 e. The molecule has 0 radical (unpaired) electrons. The summed E-state index contributed by atoms with van der Waals surface area (Å²) in [6, 6.07) is 3.46. The molecule has 0 amide bonds. The molecular formula is C10H13NO2. The third-order valence-electron chi connectivity index (χ3n) is 1.60. The molecule has 0 saturated carbocycles. The van der Waals surface area contributed by atoms with E-state index in [0.29, 0.717) is 12.2 Å². The predicted molar refractivity (Wildman–Crippen MR) is 49.4 cm³/mol. The van der Waals surface area contributed by atoms with Crippen molar-refractivity contribution in [1.29, 1.82) is 0 Å². The molecule has 0 saturated heterocycles. The third kappa shape index (κ3) is 3.69. The molecule has 1 rings (SSSR count). The van der Waals surface area contributed by atoms with Crippen LogP contribution >= 0.6 is 0 Å². The molecule has 1 aromatic heterocycles. The molecule has 0 atom stereocenters. The number of nitrogens with zero attached hydrogens (tertiary/aromatic N) is 1. The molecule has 3 nitrogen and oxygen atoms in total. The Labute approximate surface area is 77.8 Å². The van der Waals surface area contributed by atoms with Gasteiger partial charge in [-0.2, -0.15) is 0 Å². The number of unbranched alkanes of at least 4 members (excludes halogenated alkanes) is 1. The van der Waals surface area contributed by atoms with Crippen LogP contribution in [0.15, 0.2) is 24.5 Å². The fraction of sp³-hybridized carbons (Fsp3) is 0.400. The second kappa shape index (κ2) is 5.30. The van der Waals surface area contributed by atoms with Crippen LogP contribution in [0.5, 0.6) is 5.75 Å². The van der Waals surface area contributed by atoms with E-state index < -0.39 is 0 Å². The average molecular weight is 179 g/mol. The van der Waals surface area contributed by atoms with E-state index in [2.05, 4.69) is 4.98 Å². The summed E-state index contributed by atoms with van der Waals surface area (Å²) in [7, 11) is 0. The first-order chi connectivity index (χ1) is 6.33. The molecular weight excluding hydrogens is 166 g/mol. The fourth-order valence-corrected chi connectivity index (χ4v) is 0.911. The van der Waals surface area contributed by atoms with Gasteiger partial charge >= 0.3 is 5.97 Å². The van der Waals surface area contributed by atoms with Crippen molar-refractivity contribution in [1.82, 2.24) is 4.98 Å². The Hall–Kier alpha value is -1.38. The van der Waals surface area contributed by atoms with Gasteiger partial charge in [0.1, 0.15) is 5.75 Å².